The third kappa shape index (κ3) is 3.84. The van der Waals surface area contributed by atoms with E-state index in [2.05, 4.69) is 14.9 Å². The molecule has 0 saturated carbocycles. The van der Waals surface area contributed by atoms with Gasteiger partial charge >= 0.3 is 0 Å². The van der Waals surface area contributed by atoms with Crippen molar-refractivity contribution in [1.82, 2.24) is 24.2 Å². The maximum Gasteiger partial charge on any atom is 0.274 e. The highest BCUT2D eigenvalue weighted by molar-refractivity contribution is 5.94. The van der Waals surface area contributed by atoms with E-state index in [0.717, 1.165) is 17.0 Å². The van der Waals surface area contributed by atoms with Crippen LogP contribution in [-0.4, -0.2) is 63.4 Å². The molecular formula is C20H23N5O2. The maximum absolute atomic E-state index is 13.1. The molecule has 1 amide bonds. The molecule has 1 saturated heterocycles. The predicted octanol–water partition coefficient (Wildman–Crippen LogP) is 1.83. The molecule has 1 aliphatic heterocycles. The first-order valence-corrected chi connectivity index (χ1v) is 9.14. The van der Waals surface area contributed by atoms with Crippen LogP contribution < -0.4 is 0 Å². The SMILES string of the molecule is CN(Cc1ccccn1)Cc1c(C(=O)N2CCOCC2)nc2ccccn12. The lowest BCUT2D eigenvalue weighted by Gasteiger charge is -2.26. The second-order valence-corrected chi connectivity index (χ2v) is 6.73. The summed E-state index contributed by atoms with van der Waals surface area (Å²) in [6, 6.07) is 11.7. The number of rotatable bonds is 5. The summed E-state index contributed by atoms with van der Waals surface area (Å²) in [6.45, 7) is 3.67. The highest BCUT2D eigenvalue weighted by Crippen LogP contribution is 2.18. The standard InChI is InChI=1S/C20H23N5O2/c1-23(14-16-6-2-4-8-21-16)15-17-19(20(26)24-10-12-27-13-11-24)22-18-7-3-5-9-25(17)18/h2-9H,10-15H2,1H3. The van der Waals surface area contributed by atoms with Gasteiger partial charge in [-0.15, -0.1) is 0 Å². The van der Waals surface area contributed by atoms with Crippen LogP contribution >= 0.6 is 0 Å². The number of hydrogen-bond acceptors (Lipinski definition) is 5. The van der Waals surface area contributed by atoms with E-state index < -0.39 is 0 Å². The van der Waals surface area contributed by atoms with Gasteiger partial charge in [-0.3, -0.25) is 14.7 Å². The lowest BCUT2D eigenvalue weighted by molar-refractivity contribution is 0.0298. The Kier molecular flexibility index (Phi) is 5.13. The lowest BCUT2D eigenvalue weighted by Crippen LogP contribution is -2.41. The zero-order valence-electron chi connectivity index (χ0n) is 15.4. The first-order chi connectivity index (χ1) is 13.2. The van der Waals surface area contributed by atoms with Crippen LogP contribution in [0.1, 0.15) is 21.9 Å². The van der Waals surface area contributed by atoms with Crippen LogP contribution in [0.15, 0.2) is 48.8 Å². The van der Waals surface area contributed by atoms with Gasteiger partial charge < -0.3 is 14.0 Å². The summed E-state index contributed by atoms with van der Waals surface area (Å²) in [6.07, 6.45) is 3.76. The van der Waals surface area contributed by atoms with Crippen LogP contribution in [0.2, 0.25) is 0 Å². The number of morpholine rings is 1. The third-order valence-corrected chi connectivity index (χ3v) is 4.71. The van der Waals surface area contributed by atoms with Crippen LogP contribution in [-0.2, 0) is 17.8 Å². The first kappa shape index (κ1) is 17.6. The van der Waals surface area contributed by atoms with Crippen LogP contribution in [0.25, 0.3) is 5.65 Å². The number of fused-ring (bicyclic) bond motifs is 1. The van der Waals surface area contributed by atoms with Gasteiger partial charge in [0.2, 0.25) is 0 Å². The average Bonchev–Trinajstić information content (AvgIpc) is 3.07. The molecule has 140 valence electrons. The van der Waals surface area contributed by atoms with E-state index in [9.17, 15) is 4.79 Å². The number of nitrogens with zero attached hydrogens (tertiary/aromatic N) is 5. The lowest BCUT2D eigenvalue weighted by atomic mass is 10.2. The number of hydrogen-bond donors (Lipinski definition) is 0. The summed E-state index contributed by atoms with van der Waals surface area (Å²) < 4.78 is 7.37. The Morgan fingerprint density at radius 3 is 2.74 bits per heavy atom. The van der Waals surface area contributed by atoms with E-state index in [1.54, 1.807) is 6.20 Å². The van der Waals surface area contributed by atoms with Crippen molar-refractivity contribution in [2.24, 2.45) is 0 Å². The smallest absolute Gasteiger partial charge is 0.274 e. The Morgan fingerprint density at radius 2 is 1.96 bits per heavy atom. The van der Waals surface area contributed by atoms with E-state index >= 15 is 0 Å². The molecule has 7 heteroatoms. The molecule has 3 aromatic rings. The van der Waals surface area contributed by atoms with Gasteiger partial charge in [-0.1, -0.05) is 12.1 Å². The second-order valence-electron chi connectivity index (χ2n) is 6.73. The van der Waals surface area contributed by atoms with Crippen LogP contribution in [0.3, 0.4) is 0 Å². The second kappa shape index (κ2) is 7.85. The zero-order chi connectivity index (χ0) is 18.6. The quantitative estimate of drug-likeness (QED) is 0.690. The van der Waals surface area contributed by atoms with E-state index in [1.807, 2.05) is 58.9 Å². The van der Waals surface area contributed by atoms with Gasteiger partial charge in [-0.05, 0) is 31.3 Å². The Balaban J connectivity index is 1.62. The minimum Gasteiger partial charge on any atom is -0.378 e. The highest BCUT2D eigenvalue weighted by atomic mass is 16.5. The molecule has 0 aliphatic carbocycles. The van der Waals surface area contributed by atoms with Crippen molar-refractivity contribution in [3.63, 3.8) is 0 Å². The molecule has 0 atom stereocenters. The van der Waals surface area contributed by atoms with Crippen molar-refractivity contribution in [3.05, 3.63) is 65.9 Å². The van der Waals surface area contributed by atoms with Crippen LogP contribution in [0.5, 0.6) is 0 Å². The van der Waals surface area contributed by atoms with Crippen molar-refractivity contribution in [2.75, 3.05) is 33.4 Å². The van der Waals surface area contributed by atoms with E-state index in [4.69, 9.17) is 4.74 Å². The normalized spacial score (nSPS) is 14.8. The topological polar surface area (TPSA) is 63.0 Å². The summed E-state index contributed by atoms with van der Waals surface area (Å²) in [5, 5.41) is 0. The Morgan fingerprint density at radius 1 is 1.15 bits per heavy atom. The minimum atomic E-state index is -0.0248. The summed E-state index contributed by atoms with van der Waals surface area (Å²) in [4.78, 5) is 26.1. The van der Waals surface area contributed by atoms with E-state index in [0.29, 0.717) is 45.1 Å². The average molecular weight is 365 g/mol. The van der Waals surface area contributed by atoms with Crippen LogP contribution in [0, 0.1) is 0 Å². The first-order valence-electron chi connectivity index (χ1n) is 9.14. The molecular weight excluding hydrogens is 342 g/mol. The fraction of sp³-hybridized carbons (Fsp3) is 0.350. The van der Waals surface area contributed by atoms with Gasteiger partial charge in [-0.25, -0.2) is 4.98 Å². The number of aromatic nitrogens is 3. The summed E-state index contributed by atoms with van der Waals surface area (Å²) in [5.74, 6) is -0.0248. The Hall–Kier alpha value is -2.77. The minimum absolute atomic E-state index is 0.0248. The summed E-state index contributed by atoms with van der Waals surface area (Å²) in [7, 11) is 2.03. The van der Waals surface area contributed by atoms with Gasteiger partial charge in [0.25, 0.3) is 5.91 Å². The van der Waals surface area contributed by atoms with Gasteiger partial charge in [-0.2, -0.15) is 0 Å². The fourth-order valence-corrected chi connectivity index (χ4v) is 3.36. The van der Waals surface area contributed by atoms with E-state index in [1.165, 1.54) is 0 Å². The van der Waals surface area contributed by atoms with Crippen molar-refractivity contribution in [2.45, 2.75) is 13.1 Å². The van der Waals surface area contributed by atoms with Gasteiger partial charge in [0.15, 0.2) is 5.69 Å². The fourth-order valence-electron chi connectivity index (χ4n) is 3.36. The maximum atomic E-state index is 13.1. The number of carbonyl (C=O) groups is 1. The molecule has 0 aromatic carbocycles. The highest BCUT2D eigenvalue weighted by Gasteiger charge is 2.25. The number of carbonyl (C=O) groups excluding carboxylic acids is 1. The largest absolute Gasteiger partial charge is 0.378 e. The molecule has 0 bridgehead atoms. The number of pyridine rings is 2. The molecule has 1 fully saturated rings. The third-order valence-electron chi connectivity index (χ3n) is 4.71. The number of imidazole rings is 1. The van der Waals surface area contributed by atoms with Crippen molar-refractivity contribution in [1.29, 1.82) is 0 Å². The van der Waals surface area contributed by atoms with E-state index in [-0.39, 0.29) is 5.91 Å². The Labute approximate surface area is 158 Å². The number of amides is 1. The zero-order valence-corrected chi connectivity index (χ0v) is 15.4. The monoisotopic (exact) mass is 365 g/mol. The summed E-state index contributed by atoms with van der Waals surface area (Å²) >= 11 is 0. The predicted molar refractivity (Wildman–Crippen MR) is 101 cm³/mol. The molecule has 0 radical (unpaired) electrons. The number of ether oxygens (including phenoxy) is 1. The van der Waals surface area contributed by atoms with Crippen molar-refractivity contribution in [3.8, 4) is 0 Å². The molecule has 4 rings (SSSR count). The van der Waals surface area contributed by atoms with Gasteiger partial charge in [0, 0.05) is 38.6 Å². The molecule has 0 unspecified atom stereocenters. The Bertz CT molecular complexity index is 919. The molecule has 0 spiro atoms. The van der Waals surface area contributed by atoms with Gasteiger partial charge in [0.05, 0.1) is 24.6 Å². The summed E-state index contributed by atoms with van der Waals surface area (Å²) in [5.41, 5.74) is 3.21. The molecule has 3 aromatic heterocycles. The molecule has 27 heavy (non-hydrogen) atoms. The molecule has 0 N–H and O–H groups in total. The van der Waals surface area contributed by atoms with Gasteiger partial charge in [0.1, 0.15) is 5.65 Å². The van der Waals surface area contributed by atoms with Crippen molar-refractivity contribution >= 4 is 11.6 Å². The molecule has 4 heterocycles. The van der Waals surface area contributed by atoms with Crippen molar-refractivity contribution < 1.29 is 9.53 Å². The van der Waals surface area contributed by atoms with Crippen LogP contribution in [0.4, 0.5) is 0 Å². The molecule has 7 nitrogen and oxygen atoms in total. The molecule has 1 aliphatic rings.